The molecule has 1 aromatic carbocycles. The lowest BCUT2D eigenvalue weighted by molar-refractivity contribution is -0.131. The Bertz CT molecular complexity index is 430. The van der Waals surface area contributed by atoms with Crippen LogP contribution in [0.5, 0.6) is 0 Å². The van der Waals surface area contributed by atoms with Crippen LogP contribution < -0.4 is 5.73 Å². The summed E-state index contributed by atoms with van der Waals surface area (Å²) in [6.45, 7) is 3.40. The maximum absolute atomic E-state index is 12.5. The monoisotopic (exact) mass is 278 g/mol. The highest BCUT2D eigenvalue weighted by Gasteiger charge is 2.26. The van der Waals surface area contributed by atoms with Gasteiger partial charge in [-0.1, -0.05) is 24.6 Å². The molecule has 0 radical (unpaired) electrons. The molecule has 3 nitrogen and oxygen atoms in total. The van der Waals surface area contributed by atoms with Gasteiger partial charge in [0.05, 0.1) is 5.25 Å². The fourth-order valence-corrected chi connectivity index (χ4v) is 3.65. The second-order valence-corrected chi connectivity index (χ2v) is 6.22. The molecule has 1 fully saturated rings. The molecule has 2 N–H and O–H groups in total. The molecule has 0 spiro atoms. The van der Waals surface area contributed by atoms with E-state index in [-0.39, 0.29) is 11.2 Å². The Hall–Kier alpha value is -1.16. The smallest absolute Gasteiger partial charge is 0.235 e. The van der Waals surface area contributed by atoms with Crippen LogP contribution in [0.4, 0.5) is 5.69 Å². The lowest BCUT2D eigenvalue weighted by Crippen LogP contribution is -2.38. The van der Waals surface area contributed by atoms with Gasteiger partial charge in [0, 0.05) is 18.8 Å². The summed E-state index contributed by atoms with van der Waals surface area (Å²) in [7, 11) is 0. The number of carbonyl (C=O) groups excluding carboxylic acids is 1. The highest BCUT2D eigenvalue weighted by molar-refractivity contribution is 8.00. The van der Waals surface area contributed by atoms with Gasteiger partial charge in [0.2, 0.25) is 5.91 Å². The number of benzene rings is 1. The Morgan fingerprint density at radius 2 is 2.21 bits per heavy atom. The first-order valence-electron chi connectivity index (χ1n) is 6.96. The second kappa shape index (κ2) is 6.85. The van der Waals surface area contributed by atoms with Gasteiger partial charge in [-0.3, -0.25) is 4.79 Å². The number of nitrogen functional groups attached to an aromatic ring is 1. The third-order valence-electron chi connectivity index (χ3n) is 3.56. The van der Waals surface area contributed by atoms with E-state index in [1.807, 2.05) is 47.9 Å². The molecule has 0 aliphatic carbocycles. The van der Waals surface area contributed by atoms with Crippen LogP contribution in [0.3, 0.4) is 0 Å². The molecule has 1 aliphatic rings. The first-order valence-corrected chi connectivity index (χ1v) is 8.01. The molecule has 0 bridgehead atoms. The molecule has 1 saturated heterocycles. The van der Waals surface area contributed by atoms with Gasteiger partial charge in [-0.05, 0) is 37.1 Å². The van der Waals surface area contributed by atoms with Gasteiger partial charge in [-0.15, -0.1) is 11.8 Å². The number of nitrogens with two attached hydrogens (primary N) is 1. The number of thioether (sulfide) groups is 1. The SMILES string of the molecule is CCN(Cc1ccccc1N)C(=O)C1CCCCS1. The highest BCUT2D eigenvalue weighted by atomic mass is 32.2. The average Bonchev–Trinajstić information content (AvgIpc) is 2.47. The van der Waals surface area contributed by atoms with Gasteiger partial charge >= 0.3 is 0 Å². The van der Waals surface area contributed by atoms with Crippen molar-refractivity contribution >= 4 is 23.4 Å². The summed E-state index contributed by atoms with van der Waals surface area (Å²) in [5.74, 6) is 1.39. The number of hydrogen-bond donors (Lipinski definition) is 1. The summed E-state index contributed by atoms with van der Waals surface area (Å²) in [6, 6.07) is 7.79. The second-order valence-electron chi connectivity index (χ2n) is 4.91. The molecule has 1 aromatic rings. The molecule has 0 saturated carbocycles. The maximum Gasteiger partial charge on any atom is 0.235 e. The number of hydrogen-bond acceptors (Lipinski definition) is 3. The fraction of sp³-hybridized carbons (Fsp3) is 0.533. The molecule has 1 heterocycles. The molecular weight excluding hydrogens is 256 g/mol. The Morgan fingerprint density at radius 1 is 1.42 bits per heavy atom. The van der Waals surface area contributed by atoms with Gasteiger partial charge < -0.3 is 10.6 Å². The number of para-hydroxylation sites is 1. The van der Waals surface area contributed by atoms with Gasteiger partial charge in [0.25, 0.3) is 0 Å². The molecule has 2 rings (SSSR count). The Morgan fingerprint density at radius 3 is 2.84 bits per heavy atom. The predicted molar refractivity (Wildman–Crippen MR) is 82.0 cm³/mol. The van der Waals surface area contributed by atoms with Crippen molar-refractivity contribution in [2.45, 2.75) is 38.0 Å². The van der Waals surface area contributed by atoms with E-state index in [4.69, 9.17) is 5.73 Å². The molecule has 1 atom stereocenters. The van der Waals surface area contributed by atoms with Crippen molar-refractivity contribution in [3.63, 3.8) is 0 Å². The minimum Gasteiger partial charge on any atom is -0.398 e. The zero-order chi connectivity index (χ0) is 13.7. The van der Waals surface area contributed by atoms with Crippen molar-refractivity contribution in [3.05, 3.63) is 29.8 Å². The molecule has 1 aliphatic heterocycles. The molecule has 4 heteroatoms. The van der Waals surface area contributed by atoms with E-state index in [2.05, 4.69) is 0 Å². The lowest BCUT2D eigenvalue weighted by atomic mass is 10.1. The summed E-state index contributed by atoms with van der Waals surface area (Å²) in [6.07, 6.45) is 3.44. The zero-order valence-electron chi connectivity index (χ0n) is 11.5. The van der Waals surface area contributed by atoms with Crippen molar-refractivity contribution in [3.8, 4) is 0 Å². The van der Waals surface area contributed by atoms with Crippen molar-refractivity contribution in [1.29, 1.82) is 0 Å². The van der Waals surface area contributed by atoms with E-state index in [0.29, 0.717) is 6.54 Å². The third kappa shape index (κ3) is 3.66. The minimum atomic E-state index is 0.152. The summed E-state index contributed by atoms with van der Waals surface area (Å²) in [5, 5.41) is 0.152. The minimum absolute atomic E-state index is 0.152. The van der Waals surface area contributed by atoms with Gasteiger partial charge in [0.1, 0.15) is 0 Å². The molecule has 19 heavy (non-hydrogen) atoms. The van der Waals surface area contributed by atoms with Crippen molar-refractivity contribution in [1.82, 2.24) is 4.90 Å². The van der Waals surface area contributed by atoms with Crippen LogP contribution in [0.15, 0.2) is 24.3 Å². The van der Waals surface area contributed by atoms with Gasteiger partial charge in [-0.25, -0.2) is 0 Å². The van der Waals surface area contributed by atoms with Crippen LogP contribution in [0.25, 0.3) is 0 Å². The number of rotatable bonds is 4. The number of anilines is 1. The molecule has 1 unspecified atom stereocenters. The van der Waals surface area contributed by atoms with E-state index >= 15 is 0 Å². The standard InChI is InChI=1S/C15H22N2OS/c1-2-17(11-12-7-3-4-8-13(12)16)15(18)14-9-5-6-10-19-14/h3-4,7-8,14H,2,5-6,9-11,16H2,1H3. The topological polar surface area (TPSA) is 46.3 Å². The van der Waals surface area contributed by atoms with Gasteiger partial charge in [0.15, 0.2) is 0 Å². The van der Waals surface area contributed by atoms with Crippen LogP contribution in [0, 0.1) is 0 Å². The average molecular weight is 278 g/mol. The van der Waals surface area contributed by atoms with Crippen LogP contribution in [-0.4, -0.2) is 28.4 Å². The van der Waals surface area contributed by atoms with Crippen molar-refractivity contribution < 1.29 is 4.79 Å². The van der Waals surface area contributed by atoms with Crippen molar-refractivity contribution in [2.24, 2.45) is 0 Å². The largest absolute Gasteiger partial charge is 0.398 e. The van der Waals surface area contributed by atoms with E-state index in [1.165, 1.54) is 12.8 Å². The first kappa shape index (κ1) is 14.3. The molecule has 0 aromatic heterocycles. The third-order valence-corrected chi connectivity index (χ3v) is 4.93. The number of amides is 1. The number of carbonyl (C=O) groups is 1. The quantitative estimate of drug-likeness (QED) is 0.861. The normalized spacial score (nSPS) is 19.1. The van der Waals surface area contributed by atoms with E-state index in [9.17, 15) is 4.79 Å². The highest BCUT2D eigenvalue weighted by Crippen LogP contribution is 2.27. The summed E-state index contributed by atoms with van der Waals surface area (Å²) < 4.78 is 0. The summed E-state index contributed by atoms with van der Waals surface area (Å²) in [5.41, 5.74) is 7.77. The molecular formula is C15H22N2OS. The van der Waals surface area contributed by atoms with Crippen LogP contribution >= 0.6 is 11.8 Å². The molecule has 1 amide bonds. The van der Waals surface area contributed by atoms with Gasteiger partial charge in [-0.2, -0.15) is 0 Å². The maximum atomic E-state index is 12.5. The van der Waals surface area contributed by atoms with Crippen LogP contribution in [-0.2, 0) is 11.3 Å². The Kier molecular flexibility index (Phi) is 5.14. The Labute approximate surface area is 119 Å². The molecule has 104 valence electrons. The Balaban J connectivity index is 2.03. The lowest BCUT2D eigenvalue weighted by Gasteiger charge is -2.28. The summed E-state index contributed by atoms with van der Waals surface area (Å²) >= 11 is 1.81. The van der Waals surface area contributed by atoms with E-state index in [1.54, 1.807) is 0 Å². The zero-order valence-corrected chi connectivity index (χ0v) is 12.3. The first-order chi connectivity index (χ1) is 9.22. The number of nitrogens with zero attached hydrogens (tertiary/aromatic N) is 1. The van der Waals surface area contributed by atoms with Crippen LogP contribution in [0.2, 0.25) is 0 Å². The van der Waals surface area contributed by atoms with Crippen LogP contribution in [0.1, 0.15) is 31.7 Å². The summed E-state index contributed by atoms with van der Waals surface area (Å²) in [4.78, 5) is 14.4. The van der Waals surface area contributed by atoms with E-state index in [0.717, 1.165) is 30.0 Å². The predicted octanol–water partition coefficient (Wildman–Crippen LogP) is 2.90. The fourth-order valence-electron chi connectivity index (χ4n) is 2.37. The van der Waals surface area contributed by atoms with Crippen molar-refractivity contribution in [2.75, 3.05) is 18.0 Å². The van der Waals surface area contributed by atoms with E-state index < -0.39 is 0 Å².